The lowest BCUT2D eigenvalue weighted by atomic mass is 10.1. The number of aromatic amines is 1. The van der Waals surface area contributed by atoms with Gasteiger partial charge in [-0.15, -0.1) is 0 Å². The smallest absolute Gasteiger partial charge is 0.287 e. The fraction of sp³-hybridized carbons (Fsp3) is 0.240. The maximum Gasteiger partial charge on any atom is 0.287 e. The van der Waals surface area contributed by atoms with Crippen LogP contribution in [0, 0.1) is 11.8 Å². The Bertz CT molecular complexity index is 1210. The Kier molecular flexibility index (Phi) is 6.72. The minimum atomic E-state index is -0.851. The Morgan fingerprint density at radius 3 is 2.88 bits per heavy atom. The number of hydrogen-bond acceptors (Lipinski definition) is 5. The van der Waals surface area contributed by atoms with Gasteiger partial charge in [-0.25, -0.2) is 4.98 Å². The van der Waals surface area contributed by atoms with Gasteiger partial charge in [0.25, 0.3) is 11.8 Å². The summed E-state index contributed by atoms with van der Waals surface area (Å²) in [6.45, 7) is 0.584. The zero-order valence-corrected chi connectivity index (χ0v) is 18.5. The summed E-state index contributed by atoms with van der Waals surface area (Å²) in [7, 11) is 3.48. The van der Waals surface area contributed by atoms with Gasteiger partial charge >= 0.3 is 0 Å². The van der Waals surface area contributed by atoms with E-state index in [1.807, 2.05) is 49.5 Å². The van der Waals surface area contributed by atoms with Crippen LogP contribution in [0.4, 0.5) is 5.69 Å². The molecular formula is C25H25N5O3. The third-order valence-corrected chi connectivity index (χ3v) is 5.24. The predicted molar refractivity (Wildman–Crippen MR) is 125 cm³/mol. The molecule has 1 aliphatic heterocycles. The summed E-state index contributed by atoms with van der Waals surface area (Å²) in [5.41, 5.74) is 3.30. The molecule has 1 aliphatic rings. The van der Waals surface area contributed by atoms with Crippen molar-refractivity contribution >= 4 is 17.5 Å². The molecule has 0 spiro atoms. The Morgan fingerprint density at radius 1 is 1.27 bits per heavy atom. The third kappa shape index (κ3) is 5.22. The molecule has 3 aromatic rings. The second kappa shape index (κ2) is 10.0. The Labute approximate surface area is 192 Å². The highest BCUT2D eigenvalue weighted by Gasteiger charge is 2.31. The minimum Gasteiger partial charge on any atom is -0.489 e. The fourth-order valence-corrected chi connectivity index (χ4v) is 3.52. The molecule has 33 heavy (non-hydrogen) atoms. The Balaban J connectivity index is 1.44. The first kappa shape index (κ1) is 22.1. The number of rotatable bonds is 5. The summed E-state index contributed by atoms with van der Waals surface area (Å²) < 4.78 is 5.84. The van der Waals surface area contributed by atoms with Crippen LogP contribution >= 0.6 is 0 Å². The van der Waals surface area contributed by atoms with E-state index in [4.69, 9.17) is 4.74 Å². The number of nitrogens with one attached hydrogen (secondary N) is 3. The molecular weight excluding hydrogens is 418 g/mol. The number of amides is 2. The molecule has 8 nitrogen and oxygen atoms in total. The number of likely N-dealkylation sites (N-methyl/N-ethyl adjacent to an activating group) is 1. The van der Waals surface area contributed by atoms with Crippen molar-refractivity contribution in [2.45, 2.75) is 12.5 Å². The molecule has 0 saturated carbocycles. The maximum absolute atomic E-state index is 13.0. The second-order valence-electron chi connectivity index (χ2n) is 7.67. The van der Waals surface area contributed by atoms with E-state index >= 15 is 0 Å². The molecule has 1 aromatic heterocycles. The highest BCUT2D eigenvalue weighted by atomic mass is 16.5. The van der Waals surface area contributed by atoms with Crippen LogP contribution in [0.2, 0.25) is 0 Å². The number of ether oxygens (including phenoxy) is 1. The zero-order valence-electron chi connectivity index (χ0n) is 18.5. The van der Waals surface area contributed by atoms with Crippen molar-refractivity contribution in [2.24, 2.45) is 0 Å². The lowest BCUT2D eigenvalue weighted by Crippen LogP contribution is -2.49. The molecule has 2 heterocycles. The molecule has 2 aromatic carbocycles. The van der Waals surface area contributed by atoms with Crippen molar-refractivity contribution in [3.63, 3.8) is 0 Å². The number of carbonyl (C=O) groups excluding carboxylic acids is 2. The molecule has 2 amide bonds. The number of carbonyl (C=O) groups is 2. The molecule has 3 N–H and O–H groups in total. The van der Waals surface area contributed by atoms with Gasteiger partial charge in [0.15, 0.2) is 5.82 Å². The summed E-state index contributed by atoms with van der Waals surface area (Å²) in [6, 6.07) is 14.5. The number of H-pyrrole nitrogens is 1. The molecule has 4 rings (SSSR count). The van der Waals surface area contributed by atoms with Crippen LogP contribution in [0.5, 0.6) is 5.75 Å². The fourth-order valence-electron chi connectivity index (χ4n) is 3.52. The highest BCUT2D eigenvalue weighted by Crippen LogP contribution is 2.31. The largest absolute Gasteiger partial charge is 0.489 e. The van der Waals surface area contributed by atoms with Crippen LogP contribution in [-0.2, 0) is 11.2 Å². The molecule has 0 saturated heterocycles. The Hall–Kier alpha value is -4.09. The number of imidazole rings is 1. The predicted octanol–water partition coefficient (Wildman–Crippen LogP) is 1.73. The van der Waals surface area contributed by atoms with Gasteiger partial charge in [0.05, 0.1) is 12.2 Å². The van der Waals surface area contributed by atoms with E-state index in [1.165, 1.54) is 4.90 Å². The van der Waals surface area contributed by atoms with Crippen LogP contribution in [0.15, 0.2) is 54.7 Å². The van der Waals surface area contributed by atoms with Crippen molar-refractivity contribution in [3.05, 3.63) is 77.4 Å². The van der Waals surface area contributed by atoms with E-state index < -0.39 is 11.9 Å². The molecule has 168 valence electrons. The van der Waals surface area contributed by atoms with E-state index in [0.29, 0.717) is 24.4 Å². The van der Waals surface area contributed by atoms with Crippen molar-refractivity contribution < 1.29 is 14.3 Å². The van der Waals surface area contributed by atoms with Gasteiger partial charge in [0.2, 0.25) is 0 Å². The number of hydrogen-bond donors (Lipinski definition) is 3. The van der Waals surface area contributed by atoms with Gasteiger partial charge in [0, 0.05) is 30.9 Å². The summed E-state index contributed by atoms with van der Waals surface area (Å²) in [6.07, 6.45) is 2.26. The lowest BCUT2D eigenvalue weighted by molar-refractivity contribution is -0.120. The second-order valence-corrected chi connectivity index (χ2v) is 7.67. The van der Waals surface area contributed by atoms with Gasteiger partial charge < -0.3 is 25.3 Å². The zero-order chi connectivity index (χ0) is 23.2. The standard InChI is InChI=1S/C25H25N5O3/c1-26-12-6-9-18-10-11-22-21(14-18)30(2)25(32)20(16-33-22)29-24(31)23-27-15-19(28-23)13-17-7-4-3-5-8-17/h3-5,7-8,10-11,14-15,20,26H,12-13,16H2,1-2H3,(H,27,28)(H,29,31)/t20-/m0/s1. The van der Waals surface area contributed by atoms with Crippen LogP contribution in [0.3, 0.4) is 0 Å². The number of anilines is 1. The maximum atomic E-state index is 13.0. The van der Waals surface area contributed by atoms with E-state index in [2.05, 4.69) is 32.4 Å². The number of benzene rings is 2. The van der Waals surface area contributed by atoms with E-state index in [1.54, 1.807) is 19.3 Å². The number of aromatic nitrogens is 2. The number of fused-ring (bicyclic) bond motifs is 1. The average Bonchev–Trinajstić information content (AvgIpc) is 3.26. The van der Waals surface area contributed by atoms with Crippen LogP contribution in [0.25, 0.3) is 0 Å². The molecule has 8 heteroatoms. The highest BCUT2D eigenvalue weighted by molar-refractivity contribution is 6.02. The molecule has 0 fully saturated rings. The third-order valence-electron chi connectivity index (χ3n) is 5.24. The average molecular weight is 444 g/mol. The molecule has 1 atom stereocenters. The first-order valence-electron chi connectivity index (χ1n) is 10.6. The van der Waals surface area contributed by atoms with Gasteiger partial charge in [0.1, 0.15) is 18.4 Å². The Morgan fingerprint density at radius 2 is 2.09 bits per heavy atom. The van der Waals surface area contributed by atoms with Crippen molar-refractivity contribution in [3.8, 4) is 17.6 Å². The summed E-state index contributed by atoms with van der Waals surface area (Å²) >= 11 is 0. The van der Waals surface area contributed by atoms with Crippen LogP contribution in [0.1, 0.15) is 27.4 Å². The van der Waals surface area contributed by atoms with Gasteiger partial charge in [-0.1, -0.05) is 42.2 Å². The number of nitrogens with zero attached hydrogens (tertiary/aromatic N) is 2. The normalized spacial score (nSPS) is 15.0. The first-order valence-corrected chi connectivity index (χ1v) is 10.6. The van der Waals surface area contributed by atoms with Crippen molar-refractivity contribution in [1.82, 2.24) is 20.6 Å². The monoisotopic (exact) mass is 443 g/mol. The summed E-state index contributed by atoms with van der Waals surface area (Å²) in [4.78, 5) is 34.5. The van der Waals surface area contributed by atoms with Gasteiger partial charge in [-0.05, 0) is 30.8 Å². The minimum absolute atomic E-state index is 0.0181. The molecule has 0 bridgehead atoms. The lowest BCUT2D eigenvalue weighted by Gasteiger charge is -2.20. The summed E-state index contributed by atoms with van der Waals surface area (Å²) in [5, 5.41) is 5.71. The first-order chi connectivity index (χ1) is 16.0. The molecule has 0 aliphatic carbocycles. The van der Waals surface area contributed by atoms with Crippen LogP contribution in [-0.4, -0.2) is 55.1 Å². The van der Waals surface area contributed by atoms with Gasteiger partial charge in [-0.3, -0.25) is 9.59 Å². The van der Waals surface area contributed by atoms with Gasteiger partial charge in [-0.2, -0.15) is 0 Å². The van der Waals surface area contributed by atoms with E-state index in [0.717, 1.165) is 16.8 Å². The van der Waals surface area contributed by atoms with E-state index in [-0.39, 0.29) is 18.3 Å². The van der Waals surface area contributed by atoms with Crippen LogP contribution < -0.4 is 20.3 Å². The summed E-state index contributed by atoms with van der Waals surface area (Å²) in [5.74, 6) is 6.02. The SMILES string of the molecule is CNCC#Cc1ccc2c(c1)N(C)C(=O)[C@@H](NC(=O)c1ncc(Cc3ccccc3)[nH]1)CO2. The molecule has 0 radical (unpaired) electrons. The van der Waals surface area contributed by atoms with Crippen molar-refractivity contribution in [1.29, 1.82) is 0 Å². The topological polar surface area (TPSA) is 99.4 Å². The molecule has 0 unspecified atom stereocenters. The van der Waals surface area contributed by atoms with E-state index in [9.17, 15) is 9.59 Å². The quantitative estimate of drug-likeness (QED) is 0.522. The van der Waals surface area contributed by atoms with Crippen molar-refractivity contribution in [2.75, 3.05) is 32.1 Å².